The van der Waals surface area contributed by atoms with Crippen LogP contribution in [0.1, 0.15) is 26.2 Å². The fraction of sp³-hybridized carbons (Fsp3) is 0.600. The van der Waals surface area contributed by atoms with Gasteiger partial charge in [-0.2, -0.15) is 0 Å². The van der Waals surface area contributed by atoms with E-state index in [1.165, 1.54) is 6.07 Å². The van der Waals surface area contributed by atoms with Crippen LogP contribution in [-0.2, 0) is 0 Å². The molecule has 1 N–H and O–H groups in total. The molecular weight excluding hydrogens is 272 g/mol. The molecule has 1 aliphatic rings. The van der Waals surface area contributed by atoms with Gasteiger partial charge in [0.15, 0.2) is 5.75 Å². The van der Waals surface area contributed by atoms with E-state index in [4.69, 9.17) is 4.74 Å². The summed E-state index contributed by atoms with van der Waals surface area (Å²) >= 11 is 0. The fourth-order valence-electron chi connectivity index (χ4n) is 2.84. The average Bonchev–Trinajstić information content (AvgIpc) is 2.48. The SMILES string of the molecule is CC(O)C1CCCCN1CCOc1ccccc1[N+](=O)[O-]. The molecule has 21 heavy (non-hydrogen) atoms. The third kappa shape index (κ3) is 4.15. The highest BCUT2D eigenvalue weighted by Crippen LogP contribution is 2.26. The second kappa shape index (κ2) is 7.38. The Morgan fingerprint density at radius 2 is 2.24 bits per heavy atom. The standard InChI is InChI=1S/C15H22N2O4/c1-12(18)13-6-4-5-9-16(13)10-11-21-15-8-3-2-7-14(15)17(19)20/h2-3,7-8,12-13,18H,4-6,9-11H2,1H3. The summed E-state index contributed by atoms with van der Waals surface area (Å²) in [5.74, 6) is 0.299. The molecule has 1 heterocycles. The molecule has 2 unspecified atom stereocenters. The molecule has 1 saturated heterocycles. The van der Waals surface area contributed by atoms with Gasteiger partial charge in [-0.05, 0) is 32.4 Å². The molecule has 0 saturated carbocycles. The largest absolute Gasteiger partial charge is 0.485 e. The van der Waals surface area contributed by atoms with Gasteiger partial charge < -0.3 is 9.84 Å². The van der Waals surface area contributed by atoms with Crippen molar-refractivity contribution in [2.75, 3.05) is 19.7 Å². The number of para-hydroxylation sites is 2. The highest BCUT2D eigenvalue weighted by atomic mass is 16.6. The Morgan fingerprint density at radius 1 is 1.48 bits per heavy atom. The van der Waals surface area contributed by atoms with Crippen LogP contribution in [0.2, 0.25) is 0 Å². The Balaban J connectivity index is 1.90. The quantitative estimate of drug-likeness (QED) is 0.643. The number of aliphatic hydroxyl groups excluding tert-OH is 1. The summed E-state index contributed by atoms with van der Waals surface area (Å²) in [5, 5.41) is 20.7. The van der Waals surface area contributed by atoms with Crippen molar-refractivity contribution >= 4 is 5.69 Å². The predicted octanol–water partition coefficient (Wildman–Crippen LogP) is 2.21. The highest BCUT2D eigenvalue weighted by molar-refractivity contribution is 5.45. The zero-order valence-electron chi connectivity index (χ0n) is 12.3. The van der Waals surface area contributed by atoms with Crippen LogP contribution >= 0.6 is 0 Å². The van der Waals surface area contributed by atoms with Gasteiger partial charge in [0.1, 0.15) is 6.61 Å². The van der Waals surface area contributed by atoms with Crippen molar-refractivity contribution in [2.24, 2.45) is 0 Å². The van der Waals surface area contributed by atoms with E-state index in [1.807, 2.05) is 6.92 Å². The van der Waals surface area contributed by atoms with Crippen LogP contribution in [0.4, 0.5) is 5.69 Å². The van der Waals surface area contributed by atoms with Crippen LogP contribution < -0.4 is 4.74 Å². The third-order valence-corrected chi connectivity index (χ3v) is 3.92. The number of hydrogen-bond donors (Lipinski definition) is 1. The van der Waals surface area contributed by atoms with E-state index in [0.29, 0.717) is 18.9 Å². The van der Waals surface area contributed by atoms with Gasteiger partial charge in [-0.15, -0.1) is 0 Å². The summed E-state index contributed by atoms with van der Waals surface area (Å²) in [6, 6.07) is 6.56. The molecule has 6 nitrogen and oxygen atoms in total. The predicted molar refractivity (Wildman–Crippen MR) is 79.5 cm³/mol. The highest BCUT2D eigenvalue weighted by Gasteiger charge is 2.26. The van der Waals surface area contributed by atoms with Crippen molar-refractivity contribution < 1.29 is 14.8 Å². The molecule has 6 heteroatoms. The lowest BCUT2D eigenvalue weighted by Gasteiger charge is -2.37. The number of hydrogen-bond acceptors (Lipinski definition) is 5. The van der Waals surface area contributed by atoms with E-state index in [0.717, 1.165) is 25.8 Å². The number of ether oxygens (including phenoxy) is 1. The lowest BCUT2D eigenvalue weighted by molar-refractivity contribution is -0.385. The van der Waals surface area contributed by atoms with Gasteiger partial charge in [0, 0.05) is 18.7 Å². The molecule has 2 atom stereocenters. The van der Waals surface area contributed by atoms with Crippen LogP contribution in [-0.4, -0.2) is 46.8 Å². The molecule has 0 radical (unpaired) electrons. The number of rotatable bonds is 6. The minimum atomic E-state index is -0.436. The number of nitro benzene ring substituents is 1. The molecule has 0 amide bonds. The molecular formula is C15H22N2O4. The zero-order chi connectivity index (χ0) is 15.2. The van der Waals surface area contributed by atoms with Crippen LogP contribution in [0.25, 0.3) is 0 Å². The molecule has 116 valence electrons. The number of aliphatic hydroxyl groups is 1. The van der Waals surface area contributed by atoms with Crippen molar-refractivity contribution in [3.05, 3.63) is 34.4 Å². The van der Waals surface area contributed by atoms with E-state index in [-0.39, 0.29) is 17.8 Å². The van der Waals surface area contributed by atoms with Gasteiger partial charge in [0.25, 0.3) is 0 Å². The van der Waals surface area contributed by atoms with E-state index < -0.39 is 4.92 Å². The fourth-order valence-corrected chi connectivity index (χ4v) is 2.84. The smallest absolute Gasteiger partial charge is 0.310 e. The number of nitro groups is 1. The average molecular weight is 294 g/mol. The second-order valence-electron chi connectivity index (χ2n) is 5.41. The number of likely N-dealkylation sites (tertiary alicyclic amines) is 1. The Kier molecular flexibility index (Phi) is 5.52. The molecule has 0 aliphatic carbocycles. The van der Waals surface area contributed by atoms with Gasteiger partial charge in [-0.25, -0.2) is 0 Å². The number of benzene rings is 1. The topological polar surface area (TPSA) is 75.8 Å². The third-order valence-electron chi connectivity index (χ3n) is 3.92. The monoisotopic (exact) mass is 294 g/mol. The molecule has 1 aromatic rings. The molecule has 1 aromatic carbocycles. The molecule has 1 fully saturated rings. The Labute approximate surface area is 124 Å². The van der Waals surface area contributed by atoms with Gasteiger partial charge >= 0.3 is 5.69 Å². The lowest BCUT2D eigenvalue weighted by atomic mass is 9.98. The van der Waals surface area contributed by atoms with Crippen LogP contribution in [0, 0.1) is 10.1 Å². The van der Waals surface area contributed by atoms with Gasteiger partial charge in [-0.1, -0.05) is 18.6 Å². The minimum Gasteiger partial charge on any atom is -0.485 e. The van der Waals surface area contributed by atoms with Gasteiger partial charge in [-0.3, -0.25) is 15.0 Å². The van der Waals surface area contributed by atoms with E-state index in [2.05, 4.69) is 4.90 Å². The first-order chi connectivity index (χ1) is 10.1. The Bertz CT molecular complexity index is 478. The molecule has 0 aromatic heterocycles. The maximum Gasteiger partial charge on any atom is 0.310 e. The maximum atomic E-state index is 10.9. The maximum absolute atomic E-state index is 10.9. The molecule has 1 aliphatic heterocycles. The van der Waals surface area contributed by atoms with E-state index in [9.17, 15) is 15.2 Å². The second-order valence-corrected chi connectivity index (χ2v) is 5.41. The first-order valence-electron chi connectivity index (χ1n) is 7.38. The first-order valence-corrected chi connectivity index (χ1v) is 7.38. The van der Waals surface area contributed by atoms with Gasteiger partial charge in [0.2, 0.25) is 0 Å². The lowest BCUT2D eigenvalue weighted by Crippen LogP contribution is -2.47. The van der Waals surface area contributed by atoms with Gasteiger partial charge in [0.05, 0.1) is 11.0 Å². The van der Waals surface area contributed by atoms with Crippen LogP contribution in [0.15, 0.2) is 24.3 Å². The Morgan fingerprint density at radius 3 is 2.95 bits per heavy atom. The molecule has 0 bridgehead atoms. The van der Waals surface area contributed by atoms with Crippen molar-refractivity contribution in [2.45, 2.75) is 38.3 Å². The minimum absolute atomic E-state index is 0.0109. The van der Waals surface area contributed by atoms with E-state index >= 15 is 0 Å². The van der Waals surface area contributed by atoms with Crippen molar-refractivity contribution in [3.63, 3.8) is 0 Å². The van der Waals surface area contributed by atoms with Crippen molar-refractivity contribution in [3.8, 4) is 5.75 Å². The number of piperidine rings is 1. The summed E-state index contributed by atoms with van der Waals surface area (Å²) in [4.78, 5) is 12.7. The first kappa shape index (κ1) is 15.7. The van der Waals surface area contributed by atoms with Crippen molar-refractivity contribution in [1.82, 2.24) is 4.90 Å². The van der Waals surface area contributed by atoms with Crippen LogP contribution in [0.5, 0.6) is 5.75 Å². The van der Waals surface area contributed by atoms with E-state index in [1.54, 1.807) is 18.2 Å². The summed E-state index contributed by atoms with van der Waals surface area (Å²) < 4.78 is 5.56. The summed E-state index contributed by atoms with van der Waals surface area (Å²) in [6.45, 7) is 3.80. The number of nitrogens with zero attached hydrogens (tertiary/aromatic N) is 2. The molecule has 2 rings (SSSR count). The zero-order valence-corrected chi connectivity index (χ0v) is 12.3. The van der Waals surface area contributed by atoms with Crippen LogP contribution in [0.3, 0.4) is 0 Å². The molecule has 0 spiro atoms. The summed E-state index contributed by atoms with van der Waals surface area (Å²) in [5.41, 5.74) is -0.0109. The van der Waals surface area contributed by atoms with Crippen molar-refractivity contribution in [1.29, 1.82) is 0 Å². The summed E-state index contributed by atoms with van der Waals surface area (Å²) in [6.07, 6.45) is 2.88. The Hall–Kier alpha value is -1.66. The normalized spacial score (nSPS) is 21.0. The summed E-state index contributed by atoms with van der Waals surface area (Å²) in [7, 11) is 0.